The zero-order valence-electron chi connectivity index (χ0n) is 10.5. The molecule has 0 aliphatic carbocycles. The van der Waals surface area contributed by atoms with Gasteiger partial charge in [0.1, 0.15) is 0 Å². The van der Waals surface area contributed by atoms with Gasteiger partial charge in [-0.05, 0) is 39.3 Å². The quantitative estimate of drug-likeness (QED) is 0.460. The molecule has 0 radical (unpaired) electrons. The lowest BCUT2D eigenvalue weighted by Gasteiger charge is -2.36. The zero-order chi connectivity index (χ0) is 13.8. The number of halogens is 3. The molecule has 1 saturated heterocycles. The molecule has 0 spiro atoms. The maximum absolute atomic E-state index is 12.5. The summed E-state index contributed by atoms with van der Waals surface area (Å²) in [6.07, 6.45) is -2.86. The van der Waals surface area contributed by atoms with Gasteiger partial charge in [-0.25, -0.2) is 5.84 Å². The van der Waals surface area contributed by atoms with Crippen molar-refractivity contribution in [3.05, 3.63) is 0 Å². The van der Waals surface area contributed by atoms with Crippen LogP contribution in [0.5, 0.6) is 0 Å². The maximum atomic E-state index is 12.5. The number of nitrogens with zero attached hydrogens (tertiary/aromatic N) is 1. The number of rotatable bonds is 4. The Morgan fingerprint density at radius 2 is 2.00 bits per heavy atom. The van der Waals surface area contributed by atoms with Gasteiger partial charge in [-0.15, -0.1) is 0 Å². The summed E-state index contributed by atoms with van der Waals surface area (Å²) < 4.78 is 37.5. The molecule has 18 heavy (non-hydrogen) atoms. The minimum absolute atomic E-state index is 0.108. The van der Waals surface area contributed by atoms with E-state index in [1.54, 1.807) is 0 Å². The van der Waals surface area contributed by atoms with Crippen molar-refractivity contribution in [1.82, 2.24) is 10.3 Å². The highest BCUT2D eigenvalue weighted by molar-refractivity contribution is 5.75. The van der Waals surface area contributed by atoms with E-state index >= 15 is 0 Å². The average molecular weight is 267 g/mol. The highest BCUT2D eigenvalue weighted by Crippen LogP contribution is 2.34. The lowest BCUT2D eigenvalue weighted by atomic mass is 9.95. The second kappa shape index (κ2) is 6.38. The Balaban J connectivity index is 2.32. The summed E-state index contributed by atoms with van der Waals surface area (Å²) >= 11 is 0. The Bertz CT molecular complexity index is 275. The molecule has 1 fully saturated rings. The van der Waals surface area contributed by atoms with E-state index in [-0.39, 0.29) is 24.8 Å². The molecule has 1 atom stereocenters. The molecule has 0 aromatic carbocycles. The van der Waals surface area contributed by atoms with Crippen LogP contribution in [-0.2, 0) is 4.79 Å². The molecule has 0 saturated carbocycles. The van der Waals surface area contributed by atoms with Gasteiger partial charge in [-0.3, -0.25) is 10.2 Å². The molecule has 1 aliphatic rings. The number of likely N-dealkylation sites (tertiary alicyclic amines) is 1. The fourth-order valence-electron chi connectivity index (χ4n) is 2.26. The Morgan fingerprint density at radius 3 is 2.44 bits per heavy atom. The number of hydrazine groups is 1. The van der Waals surface area contributed by atoms with Gasteiger partial charge in [-0.1, -0.05) is 0 Å². The predicted octanol–water partition coefficient (Wildman–Crippen LogP) is 1.42. The second-order valence-corrected chi connectivity index (χ2v) is 4.81. The Labute approximate surface area is 105 Å². The molecule has 0 aromatic rings. The van der Waals surface area contributed by atoms with Crippen LogP contribution in [0.15, 0.2) is 0 Å². The highest BCUT2D eigenvalue weighted by atomic mass is 19.4. The summed E-state index contributed by atoms with van der Waals surface area (Å²) in [6, 6.07) is 0.108. The van der Waals surface area contributed by atoms with Gasteiger partial charge in [0.05, 0.1) is 5.92 Å². The first kappa shape index (κ1) is 15.2. The van der Waals surface area contributed by atoms with Crippen LogP contribution in [0.1, 0.15) is 32.6 Å². The molecule has 1 heterocycles. The van der Waals surface area contributed by atoms with Gasteiger partial charge in [0.2, 0.25) is 5.91 Å². The van der Waals surface area contributed by atoms with Crippen LogP contribution < -0.4 is 11.3 Å². The molecule has 4 nitrogen and oxygen atoms in total. The number of amides is 1. The molecular formula is C11H20F3N3O. The minimum atomic E-state index is -4.07. The topological polar surface area (TPSA) is 58.4 Å². The van der Waals surface area contributed by atoms with Crippen molar-refractivity contribution in [2.45, 2.75) is 44.8 Å². The number of nitrogens with one attached hydrogen (secondary N) is 1. The first-order chi connectivity index (χ1) is 8.34. The number of hydrogen-bond acceptors (Lipinski definition) is 3. The molecule has 1 rings (SSSR count). The van der Waals surface area contributed by atoms with Gasteiger partial charge in [-0.2, -0.15) is 13.2 Å². The summed E-state index contributed by atoms with van der Waals surface area (Å²) in [5, 5.41) is 0. The van der Waals surface area contributed by atoms with E-state index in [2.05, 4.69) is 0 Å². The molecule has 1 unspecified atom stereocenters. The maximum Gasteiger partial charge on any atom is 0.391 e. The standard InChI is InChI=1S/C11H20F3N3O/c1-8(2-3-10(18)16-15)17-6-4-9(5-7-17)11(12,13)14/h8-9H,2-7,15H2,1H3,(H,16,18). The van der Waals surface area contributed by atoms with E-state index in [1.165, 1.54) is 0 Å². The number of carbonyl (C=O) groups excluding carboxylic acids is 1. The van der Waals surface area contributed by atoms with Gasteiger partial charge in [0.15, 0.2) is 0 Å². The molecular weight excluding hydrogens is 247 g/mol. The molecule has 3 N–H and O–H groups in total. The lowest BCUT2D eigenvalue weighted by Crippen LogP contribution is -2.43. The van der Waals surface area contributed by atoms with Crippen LogP contribution in [-0.4, -0.2) is 36.1 Å². The number of hydrogen-bond donors (Lipinski definition) is 2. The van der Waals surface area contributed by atoms with Crippen LogP contribution >= 0.6 is 0 Å². The normalized spacial score (nSPS) is 20.7. The Kier molecular flexibility index (Phi) is 5.40. The third-order valence-electron chi connectivity index (χ3n) is 3.57. The van der Waals surface area contributed by atoms with Crippen LogP contribution in [0.2, 0.25) is 0 Å². The monoisotopic (exact) mass is 267 g/mol. The fraction of sp³-hybridized carbons (Fsp3) is 0.909. The van der Waals surface area contributed by atoms with E-state index in [0.717, 1.165) is 0 Å². The summed E-state index contributed by atoms with van der Waals surface area (Å²) in [4.78, 5) is 13.0. The van der Waals surface area contributed by atoms with Crippen LogP contribution in [0, 0.1) is 5.92 Å². The van der Waals surface area contributed by atoms with E-state index in [1.807, 2.05) is 17.2 Å². The van der Waals surface area contributed by atoms with E-state index in [9.17, 15) is 18.0 Å². The predicted molar refractivity (Wildman–Crippen MR) is 61.4 cm³/mol. The summed E-state index contributed by atoms with van der Waals surface area (Å²) in [6.45, 7) is 2.81. The third-order valence-corrected chi connectivity index (χ3v) is 3.57. The van der Waals surface area contributed by atoms with Gasteiger partial charge in [0.25, 0.3) is 0 Å². The van der Waals surface area contributed by atoms with Crippen LogP contribution in [0.4, 0.5) is 13.2 Å². The van der Waals surface area contributed by atoms with Crippen LogP contribution in [0.3, 0.4) is 0 Å². The SMILES string of the molecule is CC(CCC(=O)NN)N1CCC(C(F)(F)F)CC1. The van der Waals surface area contributed by atoms with Crippen molar-refractivity contribution in [2.75, 3.05) is 13.1 Å². The fourth-order valence-corrected chi connectivity index (χ4v) is 2.26. The molecule has 106 valence electrons. The van der Waals surface area contributed by atoms with Crippen molar-refractivity contribution in [1.29, 1.82) is 0 Å². The largest absolute Gasteiger partial charge is 0.391 e. The molecule has 0 bridgehead atoms. The molecule has 1 amide bonds. The summed E-state index contributed by atoms with van der Waals surface area (Å²) in [5.41, 5.74) is 2.04. The van der Waals surface area contributed by atoms with Crippen LogP contribution in [0.25, 0.3) is 0 Å². The van der Waals surface area contributed by atoms with E-state index < -0.39 is 12.1 Å². The Hall–Kier alpha value is -0.820. The second-order valence-electron chi connectivity index (χ2n) is 4.81. The number of carbonyl (C=O) groups is 1. The van der Waals surface area contributed by atoms with Crippen molar-refractivity contribution in [2.24, 2.45) is 11.8 Å². The van der Waals surface area contributed by atoms with E-state index in [4.69, 9.17) is 5.84 Å². The average Bonchev–Trinajstić information content (AvgIpc) is 2.34. The highest BCUT2D eigenvalue weighted by Gasteiger charge is 2.41. The first-order valence-electron chi connectivity index (χ1n) is 6.14. The van der Waals surface area contributed by atoms with Gasteiger partial charge in [0, 0.05) is 12.5 Å². The third kappa shape index (κ3) is 4.45. The Morgan fingerprint density at radius 1 is 1.44 bits per heavy atom. The number of alkyl halides is 3. The zero-order valence-corrected chi connectivity index (χ0v) is 10.5. The van der Waals surface area contributed by atoms with Gasteiger partial charge < -0.3 is 4.90 Å². The van der Waals surface area contributed by atoms with E-state index in [0.29, 0.717) is 25.9 Å². The van der Waals surface area contributed by atoms with Gasteiger partial charge >= 0.3 is 6.18 Å². The molecule has 1 aliphatic heterocycles. The van der Waals surface area contributed by atoms with Crippen molar-refractivity contribution in [3.8, 4) is 0 Å². The van der Waals surface area contributed by atoms with Crippen molar-refractivity contribution >= 4 is 5.91 Å². The molecule has 0 aromatic heterocycles. The number of piperidine rings is 1. The minimum Gasteiger partial charge on any atom is -0.301 e. The lowest BCUT2D eigenvalue weighted by molar-refractivity contribution is -0.186. The number of nitrogens with two attached hydrogens (primary N) is 1. The summed E-state index contributed by atoms with van der Waals surface area (Å²) in [5.74, 6) is 3.55. The van der Waals surface area contributed by atoms with Crippen molar-refractivity contribution < 1.29 is 18.0 Å². The summed E-state index contributed by atoms with van der Waals surface area (Å²) in [7, 11) is 0. The smallest absolute Gasteiger partial charge is 0.301 e. The molecule has 7 heteroatoms. The van der Waals surface area contributed by atoms with Crippen molar-refractivity contribution in [3.63, 3.8) is 0 Å². The first-order valence-corrected chi connectivity index (χ1v) is 6.14.